The van der Waals surface area contributed by atoms with E-state index in [4.69, 9.17) is 17.3 Å². The van der Waals surface area contributed by atoms with Crippen molar-refractivity contribution in [1.82, 2.24) is 5.32 Å². The van der Waals surface area contributed by atoms with Crippen molar-refractivity contribution in [1.29, 1.82) is 0 Å². The maximum Gasteiger partial charge on any atom is 0.251 e. The molecule has 0 spiro atoms. The van der Waals surface area contributed by atoms with Gasteiger partial charge in [0, 0.05) is 12.1 Å². The topological polar surface area (TPSA) is 55.1 Å². The molecule has 1 aliphatic rings. The Bertz CT molecular complexity index is 468. The summed E-state index contributed by atoms with van der Waals surface area (Å²) in [6.07, 6.45) is 6.32. The van der Waals surface area contributed by atoms with Gasteiger partial charge in [-0.15, -0.1) is 0 Å². The molecule has 0 bridgehead atoms. The molecular weight excluding hydrogens is 272 g/mol. The molecule has 3 nitrogen and oxygen atoms in total. The number of rotatable bonds is 4. The van der Waals surface area contributed by atoms with Crippen LogP contribution in [0.25, 0.3) is 0 Å². The first-order valence-electron chi connectivity index (χ1n) is 7.43. The molecule has 110 valence electrons. The van der Waals surface area contributed by atoms with Crippen LogP contribution in [-0.4, -0.2) is 12.5 Å². The normalized spacial score (nSPS) is 22.5. The van der Waals surface area contributed by atoms with Gasteiger partial charge in [0.05, 0.1) is 10.7 Å². The lowest BCUT2D eigenvalue weighted by atomic mass is 9.81. The first-order valence-corrected chi connectivity index (χ1v) is 7.81. The zero-order valence-electron chi connectivity index (χ0n) is 12.0. The summed E-state index contributed by atoms with van der Waals surface area (Å²) in [5.41, 5.74) is 6.74. The van der Waals surface area contributed by atoms with E-state index >= 15 is 0 Å². The van der Waals surface area contributed by atoms with Crippen LogP contribution in [0.5, 0.6) is 0 Å². The van der Waals surface area contributed by atoms with Crippen molar-refractivity contribution in [2.45, 2.75) is 39.0 Å². The highest BCUT2D eigenvalue weighted by molar-refractivity contribution is 6.33. The molecule has 0 atom stereocenters. The minimum absolute atomic E-state index is 0.0639. The number of hydrogen-bond donors (Lipinski definition) is 2. The van der Waals surface area contributed by atoms with Crippen molar-refractivity contribution in [3.05, 3.63) is 28.8 Å². The van der Waals surface area contributed by atoms with E-state index in [1.165, 1.54) is 32.1 Å². The van der Waals surface area contributed by atoms with Gasteiger partial charge in [0.2, 0.25) is 0 Å². The molecule has 3 N–H and O–H groups in total. The fourth-order valence-corrected chi connectivity index (χ4v) is 2.99. The number of nitrogen functional groups attached to an aromatic ring is 1. The largest absolute Gasteiger partial charge is 0.398 e. The van der Waals surface area contributed by atoms with Crippen LogP contribution < -0.4 is 11.1 Å². The number of carbonyl (C=O) groups excluding carboxylic acids is 1. The maximum absolute atomic E-state index is 12.1. The highest BCUT2D eigenvalue weighted by atomic mass is 35.5. The van der Waals surface area contributed by atoms with Gasteiger partial charge in [0.25, 0.3) is 5.91 Å². The molecule has 1 aromatic carbocycles. The molecule has 2 rings (SSSR count). The number of benzene rings is 1. The third kappa shape index (κ3) is 3.89. The number of hydrogen-bond acceptors (Lipinski definition) is 2. The molecule has 1 aromatic rings. The van der Waals surface area contributed by atoms with Crippen molar-refractivity contribution in [2.75, 3.05) is 12.3 Å². The molecule has 0 unspecified atom stereocenters. The third-order valence-electron chi connectivity index (χ3n) is 4.35. The van der Waals surface area contributed by atoms with E-state index in [2.05, 4.69) is 12.2 Å². The van der Waals surface area contributed by atoms with E-state index in [1.54, 1.807) is 18.2 Å². The molecule has 1 saturated carbocycles. The van der Waals surface area contributed by atoms with Gasteiger partial charge in [0.1, 0.15) is 0 Å². The van der Waals surface area contributed by atoms with Gasteiger partial charge in [-0.3, -0.25) is 4.79 Å². The van der Waals surface area contributed by atoms with Crippen LogP contribution in [0.4, 0.5) is 5.69 Å². The zero-order valence-corrected chi connectivity index (χ0v) is 12.7. The average Bonchev–Trinajstić information content (AvgIpc) is 2.48. The Morgan fingerprint density at radius 2 is 1.95 bits per heavy atom. The van der Waals surface area contributed by atoms with E-state index in [0.717, 1.165) is 12.5 Å². The Kier molecular flexibility index (Phi) is 5.30. The molecule has 0 heterocycles. The summed E-state index contributed by atoms with van der Waals surface area (Å²) in [5.74, 6) is 1.44. The second-order valence-corrected chi connectivity index (χ2v) is 6.15. The van der Waals surface area contributed by atoms with Crippen LogP contribution in [0.1, 0.15) is 49.4 Å². The highest BCUT2D eigenvalue weighted by Gasteiger charge is 2.20. The van der Waals surface area contributed by atoms with Crippen LogP contribution >= 0.6 is 11.6 Å². The molecule has 1 amide bonds. The van der Waals surface area contributed by atoms with E-state index in [9.17, 15) is 4.79 Å². The highest BCUT2D eigenvalue weighted by Crippen LogP contribution is 2.30. The van der Waals surface area contributed by atoms with Crippen molar-refractivity contribution in [2.24, 2.45) is 11.8 Å². The van der Waals surface area contributed by atoms with Gasteiger partial charge < -0.3 is 11.1 Å². The van der Waals surface area contributed by atoms with Crippen molar-refractivity contribution in [3.8, 4) is 0 Å². The molecule has 0 saturated heterocycles. The lowest BCUT2D eigenvalue weighted by molar-refractivity contribution is 0.0941. The van der Waals surface area contributed by atoms with Gasteiger partial charge in [-0.2, -0.15) is 0 Å². The number of nitrogens with two attached hydrogens (primary N) is 1. The van der Waals surface area contributed by atoms with E-state index in [-0.39, 0.29) is 5.91 Å². The summed E-state index contributed by atoms with van der Waals surface area (Å²) in [4.78, 5) is 12.1. The third-order valence-corrected chi connectivity index (χ3v) is 4.70. The minimum Gasteiger partial charge on any atom is -0.398 e. The molecule has 1 fully saturated rings. The Hall–Kier alpha value is -1.22. The Morgan fingerprint density at radius 1 is 1.30 bits per heavy atom. The first kappa shape index (κ1) is 15.2. The summed E-state index contributed by atoms with van der Waals surface area (Å²) in [7, 11) is 0. The van der Waals surface area contributed by atoms with E-state index < -0.39 is 0 Å². The van der Waals surface area contributed by atoms with Gasteiger partial charge >= 0.3 is 0 Å². The van der Waals surface area contributed by atoms with Crippen molar-refractivity contribution < 1.29 is 4.79 Å². The number of nitrogens with one attached hydrogen (secondary N) is 1. The van der Waals surface area contributed by atoms with Crippen molar-refractivity contribution in [3.63, 3.8) is 0 Å². The molecule has 20 heavy (non-hydrogen) atoms. The number of carbonyl (C=O) groups is 1. The summed E-state index contributed by atoms with van der Waals surface area (Å²) in [6.45, 7) is 3.02. The average molecular weight is 295 g/mol. The number of halogens is 1. The number of amides is 1. The van der Waals surface area contributed by atoms with Gasteiger partial charge in [-0.25, -0.2) is 0 Å². The summed E-state index contributed by atoms with van der Waals surface area (Å²) in [5, 5.41) is 3.50. The fourth-order valence-electron chi connectivity index (χ4n) is 2.87. The predicted octanol–water partition coefficient (Wildman–Crippen LogP) is 3.87. The van der Waals surface area contributed by atoms with Gasteiger partial charge in [0.15, 0.2) is 0 Å². The first-order chi connectivity index (χ1) is 9.60. The smallest absolute Gasteiger partial charge is 0.251 e. The molecule has 4 heteroatoms. The Labute approximate surface area is 125 Å². The molecule has 0 radical (unpaired) electrons. The standard InChI is InChI=1S/C16H23ClN2O/c1-2-11-3-5-12(6-4-11)10-19-16(20)13-7-8-14(17)15(18)9-13/h7-9,11-12H,2-6,10,18H2,1H3,(H,19,20). The second-order valence-electron chi connectivity index (χ2n) is 5.74. The molecule has 0 aromatic heterocycles. The quantitative estimate of drug-likeness (QED) is 0.828. The Balaban J connectivity index is 1.82. The maximum atomic E-state index is 12.1. The summed E-state index contributed by atoms with van der Waals surface area (Å²) >= 11 is 5.85. The van der Waals surface area contributed by atoms with Gasteiger partial charge in [-0.1, -0.05) is 37.8 Å². The summed E-state index contributed by atoms with van der Waals surface area (Å²) < 4.78 is 0. The Morgan fingerprint density at radius 3 is 2.55 bits per heavy atom. The summed E-state index contributed by atoms with van der Waals surface area (Å²) in [6, 6.07) is 5.01. The van der Waals surface area contributed by atoms with Crippen LogP contribution in [0.3, 0.4) is 0 Å². The molecule has 0 aliphatic heterocycles. The zero-order chi connectivity index (χ0) is 14.5. The van der Waals surface area contributed by atoms with Crippen LogP contribution in [0, 0.1) is 11.8 Å². The minimum atomic E-state index is -0.0639. The van der Waals surface area contributed by atoms with Crippen molar-refractivity contribution >= 4 is 23.2 Å². The lowest BCUT2D eigenvalue weighted by Crippen LogP contribution is -2.31. The lowest BCUT2D eigenvalue weighted by Gasteiger charge is -2.27. The van der Waals surface area contributed by atoms with E-state index in [0.29, 0.717) is 22.2 Å². The van der Waals surface area contributed by atoms with Crippen LogP contribution in [-0.2, 0) is 0 Å². The molecular formula is C16H23ClN2O. The number of anilines is 1. The van der Waals surface area contributed by atoms with Crippen LogP contribution in [0.15, 0.2) is 18.2 Å². The molecule has 1 aliphatic carbocycles. The van der Waals surface area contributed by atoms with Crippen LogP contribution in [0.2, 0.25) is 5.02 Å². The monoisotopic (exact) mass is 294 g/mol. The predicted molar refractivity (Wildman–Crippen MR) is 83.9 cm³/mol. The second kappa shape index (κ2) is 6.98. The van der Waals surface area contributed by atoms with Gasteiger partial charge in [-0.05, 0) is 42.9 Å². The van der Waals surface area contributed by atoms with E-state index in [1.807, 2.05) is 0 Å². The fraction of sp³-hybridized carbons (Fsp3) is 0.562. The SMILES string of the molecule is CCC1CCC(CNC(=O)c2ccc(Cl)c(N)c2)CC1.